The van der Waals surface area contributed by atoms with Crippen molar-refractivity contribution < 1.29 is 4.74 Å². The molecule has 0 heterocycles. The Morgan fingerprint density at radius 2 is 1.95 bits per heavy atom. The van der Waals surface area contributed by atoms with Gasteiger partial charge in [-0.2, -0.15) is 0 Å². The van der Waals surface area contributed by atoms with Gasteiger partial charge in [-0.15, -0.1) is 0 Å². The SMILES string of the molecule is COCCN(Cc1ccc(CNC(C)C)cc1Br)C(C)C. The van der Waals surface area contributed by atoms with Gasteiger partial charge in [0, 0.05) is 43.3 Å². The van der Waals surface area contributed by atoms with Crippen LogP contribution < -0.4 is 5.32 Å². The lowest BCUT2D eigenvalue weighted by atomic mass is 10.1. The second-order valence-electron chi connectivity index (χ2n) is 6.02. The van der Waals surface area contributed by atoms with Gasteiger partial charge in [0.1, 0.15) is 0 Å². The van der Waals surface area contributed by atoms with E-state index in [2.05, 4.69) is 72.0 Å². The number of benzene rings is 1. The Balaban J connectivity index is 2.69. The summed E-state index contributed by atoms with van der Waals surface area (Å²) in [5, 5.41) is 3.45. The minimum atomic E-state index is 0.508. The zero-order valence-corrected chi connectivity index (χ0v) is 15.5. The van der Waals surface area contributed by atoms with Gasteiger partial charge in [-0.05, 0) is 31.0 Å². The molecule has 0 aromatic heterocycles. The first-order valence-electron chi connectivity index (χ1n) is 7.67. The predicted octanol–water partition coefficient (Wildman–Crippen LogP) is 3.80. The highest BCUT2D eigenvalue weighted by Gasteiger charge is 2.12. The van der Waals surface area contributed by atoms with E-state index >= 15 is 0 Å². The number of methoxy groups -OCH3 is 1. The largest absolute Gasteiger partial charge is 0.383 e. The van der Waals surface area contributed by atoms with Gasteiger partial charge in [0.05, 0.1) is 6.61 Å². The van der Waals surface area contributed by atoms with Gasteiger partial charge >= 0.3 is 0 Å². The Bertz CT molecular complexity index is 421. The maximum atomic E-state index is 5.20. The van der Waals surface area contributed by atoms with Gasteiger partial charge in [-0.1, -0.05) is 41.9 Å². The van der Waals surface area contributed by atoms with Crippen molar-refractivity contribution in [1.82, 2.24) is 10.2 Å². The van der Waals surface area contributed by atoms with E-state index in [-0.39, 0.29) is 0 Å². The summed E-state index contributed by atoms with van der Waals surface area (Å²) in [6.45, 7) is 12.4. The third-order valence-electron chi connectivity index (χ3n) is 3.52. The van der Waals surface area contributed by atoms with Crippen LogP contribution in [0.15, 0.2) is 22.7 Å². The number of hydrogen-bond donors (Lipinski definition) is 1. The topological polar surface area (TPSA) is 24.5 Å². The van der Waals surface area contributed by atoms with Crippen LogP contribution in [-0.2, 0) is 17.8 Å². The molecule has 1 rings (SSSR count). The number of ether oxygens (including phenoxy) is 1. The van der Waals surface area contributed by atoms with E-state index in [1.807, 2.05) is 0 Å². The number of rotatable bonds is 9. The molecule has 4 heteroatoms. The molecule has 120 valence electrons. The summed E-state index contributed by atoms with van der Waals surface area (Å²) in [4.78, 5) is 2.43. The highest BCUT2D eigenvalue weighted by atomic mass is 79.9. The molecule has 0 amide bonds. The zero-order valence-electron chi connectivity index (χ0n) is 13.9. The second-order valence-corrected chi connectivity index (χ2v) is 6.87. The fraction of sp³-hybridized carbons (Fsp3) is 0.647. The average molecular weight is 357 g/mol. The van der Waals surface area contributed by atoms with Crippen LogP contribution in [0.4, 0.5) is 0 Å². The fourth-order valence-electron chi connectivity index (χ4n) is 2.10. The van der Waals surface area contributed by atoms with Crippen LogP contribution in [0.2, 0.25) is 0 Å². The van der Waals surface area contributed by atoms with E-state index in [1.165, 1.54) is 15.6 Å². The van der Waals surface area contributed by atoms with Crippen molar-refractivity contribution in [2.24, 2.45) is 0 Å². The van der Waals surface area contributed by atoms with E-state index in [0.717, 1.165) is 26.2 Å². The lowest BCUT2D eigenvalue weighted by Gasteiger charge is -2.26. The van der Waals surface area contributed by atoms with Crippen molar-refractivity contribution in [3.63, 3.8) is 0 Å². The van der Waals surface area contributed by atoms with E-state index in [9.17, 15) is 0 Å². The van der Waals surface area contributed by atoms with Crippen LogP contribution in [0, 0.1) is 0 Å². The summed E-state index contributed by atoms with van der Waals surface area (Å²) in [6.07, 6.45) is 0. The third-order valence-corrected chi connectivity index (χ3v) is 4.26. The van der Waals surface area contributed by atoms with Gasteiger partial charge in [-0.3, -0.25) is 4.90 Å². The fourth-order valence-corrected chi connectivity index (χ4v) is 2.65. The minimum Gasteiger partial charge on any atom is -0.383 e. The molecule has 1 N–H and O–H groups in total. The summed E-state index contributed by atoms with van der Waals surface area (Å²) in [5.41, 5.74) is 2.64. The quantitative estimate of drug-likeness (QED) is 0.728. The van der Waals surface area contributed by atoms with Crippen molar-refractivity contribution >= 4 is 15.9 Å². The maximum absolute atomic E-state index is 5.20. The molecule has 1 aromatic rings. The standard InChI is InChI=1S/C17H29BrN2O/c1-13(2)19-11-15-6-7-16(17(18)10-15)12-20(14(3)4)8-9-21-5/h6-7,10,13-14,19H,8-9,11-12H2,1-5H3. The van der Waals surface area contributed by atoms with Crippen LogP contribution >= 0.6 is 15.9 Å². The number of hydrogen-bond acceptors (Lipinski definition) is 3. The van der Waals surface area contributed by atoms with Gasteiger partial charge < -0.3 is 10.1 Å². The van der Waals surface area contributed by atoms with Crippen LogP contribution in [-0.4, -0.2) is 37.2 Å². The number of nitrogens with one attached hydrogen (secondary N) is 1. The summed E-state index contributed by atoms with van der Waals surface area (Å²) in [6, 6.07) is 7.68. The van der Waals surface area contributed by atoms with Gasteiger partial charge in [-0.25, -0.2) is 0 Å². The van der Waals surface area contributed by atoms with Crippen LogP contribution in [0.25, 0.3) is 0 Å². The normalized spacial score (nSPS) is 11.9. The van der Waals surface area contributed by atoms with Crippen molar-refractivity contribution in [2.75, 3.05) is 20.3 Å². The molecule has 0 saturated heterocycles. The molecule has 0 bridgehead atoms. The Hall–Kier alpha value is -0.420. The maximum Gasteiger partial charge on any atom is 0.0589 e. The highest BCUT2D eigenvalue weighted by molar-refractivity contribution is 9.10. The summed E-state index contributed by atoms with van der Waals surface area (Å²) in [5.74, 6) is 0. The van der Waals surface area contributed by atoms with Crippen molar-refractivity contribution in [2.45, 2.75) is 52.9 Å². The molecule has 0 atom stereocenters. The van der Waals surface area contributed by atoms with Gasteiger partial charge in [0.15, 0.2) is 0 Å². The smallest absolute Gasteiger partial charge is 0.0589 e. The molecule has 0 saturated carbocycles. The van der Waals surface area contributed by atoms with Gasteiger partial charge in [0.25, 0.3) is 0 Å². The first kappa shape index (κ1) is 18.6. The Morgan fingerprint density at radius 1 is 1.24 bits per heavy atom. The summed E-state index contributed by atoms with van der Waals surface area (Å²) in [7, 11) is 1.75. The molecule has 21 heavy (non-hydrogen) atoms. The minimum absolute atomic E-state index is 0.508. The summed E-state index contributed by atoms with van der Waals surface area (Å²) >= 11 is 3.71. The zero-order chi connectivity index (χ0) is 15.8. The lowest BCUT2D eigenvalue weighted by molar-refractivity contribution is 0.125. The van der Waals surface area contributed by atoms with Gasteiger partial charge in [0.2, 0.25) is 0 Å². The molecular formula is C17H29BrN2O. The van der Waals surface area contributed by atoms with E-state index in [1.54, 1.807) is 7.11 Å². The lowest BCUT2D eigenvalue weighted by Crippen LogP contribution is -2.33. The molecule has 0 unspecified atom stereocenters. The van der Waals surface area contributed by atoms with E-state index in [4.69, 9.17) is 4.74 Å². The molecule has 0 radical (unpaired) electrons. The van der Waals surface area contributed by atoms with Crippen molar-refractivity contribution in [1.29, 1.82) is 0 Å². The molecule has 1 aromatic carbocycles. The molecule has 0 aliphatic rings. The first-order chi connectivity index (χ1) is 9.93. The predicted molar refractivity (Wildman–Crippen MR) is 93.5 cm³/mol. The average Bonchev–Trinajstić information content (AvgIpc) is 2.42. The van der Waals surface area contributed by atoms with E-state index in [0.29, 0.717) is 12.1 Å². The molecular weight excluding hydrogens is 328 g/mol. The second kappa shape index (κ2) is 9.57. The number of nitrogens with zero attached hydrogens (tertiary/aromatic N) is 1. The van der Waals surface area contributed by atoms with Crippen molar-refractivity contribution in [3.8, 4) is 0 Å². The highest BCUT2D eigenvalue weighted by Crippen LogP contribution is 2.21. The Labute approximate surface area is 138 Å². The van der Waals surface area contributed by atoms with Crippen LogP contribution in [0.1, 0.15) is 38.8 Å². The Kier molecular flexibility index (Phi) is 8.49. The Morgan fingerprint density at radius 3 is 2.48 bits per heavy atom. The summed E-state index contributed by atoms with van der Waals surface area (Å²) < 4.78 is 6.39. The monoisotopic (exact) mass is 356 g/mol. The number of halogens is 1. The molecule has 0 aliphatic carbocycles. The van der Waals surface area contributed by atoms with Crippen LogP contribution in [0.5, 0.6) is 0 Å². The van der Waals surface area contributed by atoms with E-state index < -0.39 is 0 Å². The molecule has 0 spiro atoms. The molecule has 0 fully saturated rings. The molecule has 3 nitrogen and oxygen atoms in total. The molecule has 0 aliphatic heterocycles. The third kappa shape index (κ3) is 6.92. The first-order valence-corrected chi connectivity index (χ1v) is 8.47. The van der Waals surface area contributed by atoms with Crippen LogP contribution in [0.3, 0.4) is 0 Å². The van der Waals surface area contributed by atoms with Crippen molar-refractivity contribution in [3.05, 3.63) is 33.8 Å².